The number of H-pyrrole nitrogens is 1. The largest absolute Gasteiger partial charge is 0.360 e. The minimum Gasteiger partial charge on any atom is -0.360 e. The van der Waals surface area contributed by atoms with E-state index in [1.807, 2.05) is 30.5 Å². The van der Waals surface area contributed by atoms with Crippen molar-refractivity contribution in [1.82, 2.24) is 34.9 Å². The summed E-state index contributed by atoms with van der Waals surface area (Å²) in [6, 6.07) is 20.4. The molecule has 2 aromatic carbocycles. The predicted octanol–water partition coefficient (Wildman–Crippen LogP) is 5.89. The van der Waals surface area contributed by atoms with Crippen LogP contribution in [0.3, 0.4) is 0 Å². The van der Waals surface area contributed by atoms with Gasteiger partial charge in [0.2, 0.25) is 11.7 Å². The summed E-state index contributed by atoms with van der Waals surface area (Å²) in [4.78, 5) is 11.9. The Hall–Kier alpha value is -4.24. The molecule has 4 aromatic heterocycles. The van der Waals surface area contributed by atoms with Gasteiger partial charge in [0.05, 0.1) is 0 Å². The molecule has 178 valence electrons. The number of nitrogens with zero attached hydrogens (tertiary/aromatic N) is 6. The van der Waals surface area contributed by atoms with E-state index in [4.69, 9.17) is 4.52 Å². The van der Waals surface area contributed by atoms with E-state index < -0.39 is 0 Å². The summed E-state index contributed by atoms with van der Waals surface area (Å²) in [6.45, 7) is 2.09. The lowest BCUT2D eigenvalue weighted by Crippen LogP contribution is -2.00. The summed E-state index contributed by atoms with van der Waals surface area (Å²) >= 11 is 1.67. The van der Waals surface area contributed by atoms with E-state index in [1.165, 1.54) is 5.56 Å². The molecule has 0 bridgehead atoms. The van der Waals surface area contributed by atoms with Crippen LogP contribution in [0.1, 0.15) is 17.9 Å². The van der Waals surface area contributed by atoms with Gasteiger partial charge in [-0.15, -0.1) is 10.2 Å². The van der Waals surface area contributed by atoms with Crippen molar-refractivity contribution in [2.24, 2.45) is 0 Å². The summed E-state index contributed by atoms with van der Waals surface area (Å²) in [6.07, 6.45) is 7.00. The van der Waals surface area contributed by atoms with Crippen molar-refractivity contribution in [3.8, 4) is 28.5 Å². The standard InChI is InChI=1S/C27H23N7OS/c1-18-6-4-7-20(16-18)34-26(22-17-29-23-9-3-2-8-21(22)23)31-32-27(34)36-15-5-10-24-30-25(33-35-24)19-11-13-28-14-12-19/h2-4,6-9,11-14,16-17,29H,5,10,15H2,1H3. The fraction of sp³-hybridized carbons (Fsp3) is 0.148. The van der Waals surface area contributed by atoms with Gasteiger partial charge in [-0.25, -0.2) is 0 Å². The number of hydrogen-bond acceptors (Lipinski definition) is 7. The lowest BCUT2D eigenvalue weighted by Gasteiger charge is -2.10. The van der Waals surface area contributed by atoms with Gasteiger partial charge in [0.25, 0.3) is 0 Å². The van der Waals surface area contributed by atoms with Crippen LogP contribution >= 0.6 is 11.8 Å². The molecule has 0 amide bonds. The zero-order valence-corrected chi connectivity index (χ0v) is 20.4. The molecule has 0 aliphatic carbocycles. The number of fused-ring (bicyclic) bond motifs is 1. The zero-order valence-electron chi connectivity index (χ0n) is 19.6. The maximum Gasteiger partial charge on any atom is 0.226 e. The molecular formula is C27H23N7OS. The van der Waals surface area contributed by atoms with Gasteiger partial charge >= 0.3 is 0 Å². The van der Waals surface area contributed by atoms with E-state index in [-0.39, 0.29) is 0 Å². The smallest absolute Gasteiger partial charge is 0.226 e. The van der Waals surface area contributed by atoms with Crippen LogP contribution < -0.4 is 0 Å². The Kier molecular flexibility index (Phi) is 6.05. The van der Waals surface area contributed by atoms with Gasteiger partial charge in [-0.2, -0.15) is 4.98 Å². The van der Waals surface area contributed by atoms with E-state index in [2.05, 4.69) is 78.2 Å². The molecule has 0 spiro atoms. The van der Waals surface area contributed by atoms with Gasteiger partial charge in [0.15, 0.2) is 11.0 Å². The fourth-order valence-electron chi connectivity index (χ4n) is 4.16. The number of aryl methyl sites for hydroxylation is 2. The SMILES string of the molecule is Cc1cccc(-n2c(SCCCc3nc(-c4ccncc4)no3)nnc2-c2c[nH]c3ccccc23)c1. The first-order valence-electron chi connectivity index (χ1n) is 11.7. The van der Waals surface area contributed by atoms with E-state index in [9.17, 15) is 0 Å². The fourth-order valence-corrected chi connectivity index (χ4v) is 5.05. The molecule has 0 aliphatic heterocycles. The second-order valence-electron chi connectivity index (χ2n) is 8.43. The number of benzene rings is 2. The molecule has 0 aliphatic rings. The van der Waals surface area contributed by atoms with Gasteiger partial charge in [0.1, 0.15) is 0 Å². The van der Waals surface area contributed by atoms with Crippen LogP contribution in [-0.2, 0) is 6.42 Å². The van der Waals surface area contributed by atoms with Crippen molar-refractivity contribution in [3.63, 3.8) is 0 Å². The van der Waals surface area contributed by atoms with Gasteiger partial charge in [0, 0.05) is 58.5 Å². The molecule has 0 saturated heterocycles. The quantitative estimate of drug-likeness (QED) is 0.208. The molecule has 0 fully saturated rings. The highest BCUT2D eigenvalue weighted by Gasteiger charge is 2.19. The van der Waals surface area contributed by atoms with Crippen molar-refractivity contribution >= 4 is 22.7 Å². The van der Waals surface area contributed by atoms with E-state index in [1.54, 1.807) is 24.2 Å². The number of para-hydroxylation sites is 1. The van der Waals surface area contributed by atoms with E-state index in [0.29, 0.717) is 18.1 Å². The van der Waals surface area contributed by atoms with Crippen LogP contribution in [0.15, 0.2) is 88.9 Å². The Morgan fingerprint density at radius 3 is 2.78 bits per heavy atom. The molecule has 0 saturated carbocycles. The Morgan fingerprint density at radius 1 is 1.00 bits per heavy atom. The normalized spacial score (nSPS) is 11.4. The van der Waals surface area contributed by atoms with Crippen molar-refractivity contribution in [3.05, 3.63) is 90.7 Å². The Bertz CT molecular complexity index is 1620. The van der Waals surface area contributed by atoms with Crippen molar-refractivity contribution in [2.75, 3.05) is 5.75 Å². The van der Waals surface area contributed by atoms with Gasteiger partial charge in [-0.05, 0) is 49.2 Å². The van der Waals surface area contributed by atoms with E-state index >= 15 is 0 Å². The highest BCUT2D eigenvalue weighted by atomic mass is 32.2. The molecule has 6 rings (SSSR count). The third-order valence-electron chi connectivity index (χ3n) is 5.90. The average molecular weight is 494 g/mol. The summed E-state index contributed by atoms with van der Waals surface area (Å²) in [5, 5.41) is 15.3. The first-order chi connectivity index (χ1) is 17.8. The van der Waals surface area contributed by atoms with Crippen molar-refractivity contribution in [1.29, 1.82) is 0 Å². The molecule has 0 atom stereocenters. The second-order valence-corrected chi connectivity index (χ2v) is 9.49. The summed E-state index contributed by atoms with van der Waals surface area (Å²) in [5.74, 6) is 2.87. The topological polar surface area (TPSA) is 98.3 Å². The molecule has 4 heterocycles. The number of rotatable bonds is 8. The maximum atomic E-state index is 5.44. The van der Waals surface area contributed by atoms with Crippen molar-refractivity contribution in [2.45, 2.75) is 24.9 Å². The molecule has 6 aromatic rings. The molecule has 0 radical (unpaired) electrons. The lowest BCUT2D eigenvalue weighted by atomic mass is 10.1. The summed E-state index contributed by atoms with van der Waals surface area (Å²) in [5.41, 5.74) is 5.22. The first kappa shape index (κ1) is 22.2. The molecule has 9 heteroatoms. The van der Waals surface area contributed by atoms with Gasteiger partial charge < -0.3 is 9.51 Å². The van der Waals surface area contributed by atoms with Crippen molar-refractivity contribution < 1.29 is 4.52 Å². The minimum absolute atomic E-state index is 0.586. The highest BCUT2D eigenvalue weighted by molar-refractivity contribution is 7.99. The first-order valence-corrected chi connectivity index (χ1v) is 12.7. The van der Waals surface area contributed by atoms with Gasteiger partial charge in [-0.3, -0.25) is 9.55 Å². The highest BCUT2D eigenvalue weighted by Crippen LogP contribution is 2.33. The van der Waals surface area contributed by atoms with Gasteiger partial charge in [-0.1, -0.05) is 47.3 Å². The lowest BCUT2D eigenvalue weighted by molar-refractivity contribution is 0.378. The number of pyridine rings is 1. The number of aromatic nitrogens is 7. The monoisotopic (exact) mass is 493 g/mol. The number of nitrogens with one attached hydrogen (secondary N) is 1. The molecule has 1 N–H and O–H groups in total. The van der Waals surface area contributed by atoms with Crippen LogP contribution in [-0.4, -0.2) is 40.6 Å². The van der Waals surface area contributed by atoms with Crippen LogP contribution in [0.2, 0.25) is 0 Å². The number of hydrogen-bond donors (Lipinski definition) is 1. The predicted molar refractivity (Wildman–Crippen MR) is 140 cm³/mol. The van der Waals surface area contributed by atoms with E-state index in [0.717, 1.165) is 50.9 Å². The third kappa shape index (κ3) is 4.40. The van der Waals surface area contributed by atoms with Crippen LogP contribution in [0.4, 0.5) is 0 Å². The zero-order chi connectivity index (χ0) is 24.3. The second kappa shape index (κ2) is 9.79. The number of thioether (sulfide) groups is 1. The summed E-state index contributed by atoms with van der Waals surface area (Å²) < 4.78 is 7.58. The molecule has 36 heavy (non-hydrogen) atoms. The summed E-state index contributed by atoms with van der Waals surface area (Å²) in [7, 11) is 0. The molecule has 0 unspecified atom stereocenters. The van der Waals surface area contributed by atoms with Crippen LogP contribution in [0.5, 0.6) is 0 Å². The molecular weight excluding hydrogens is 470 g/mol. The Morgan fingerprint density at radius 2 is 1.89 bits per heavy atom. The average Bonchev–Trinajstić information content (AvgIpc) is 3.65. The minimum atomic E-state index is 0.586. The molecule has 8 nitrogen and oxygen atoms in total. The third-order valence-corrected chi connectivity index (χ3v) is 6.91. The van der Waals surface area contributed by atoms with Crippen LogP contribution in [0.25, 0.3) is 39.4 Å². The Labute approximate surface area is 211 Å². The maximum absolute atomic E-state index is 5.44. The Balaban J connectivity index is 1.23. The van der Waals surface area contributed by atoms with Crippen LogP contribution in [0, 0.1) is 6.92 Å². The number of aromatic amines is 1.